The van der Waals surface area contributed by atoms with Gasteiger partial charge in [0.15, 0.2) is 0 Å². The molecular weight excluding hydrogens is 780 g/mol. The zero-order valence-electron chi connectivity index (χ0n) is 37.9. The summed E-state index contributed by atoms with van der Waals surface area (Å²) in [6.07, 6.45) is 50.4. The lowest BCUT2D eigenvalue weighted by atomic mass is 10.1. The normalized spacial score (nSPS) is 14.3. The molecule has 3 unspecified atom stereocenters. The zero-order valence-corrected chi connectivity index (χ0v) is 38.8. The molecule has 3 atom stereocenters. The fourth-order valence-electron chi connectivity index (χ4n) is 6.27. The molecule has 0 heterocycles. The third kappa shape index (κ3) is 42.4. The molecule has 10 nitrogen and oxygen atoms in total. The van der Waals surface area contributed by atoms with Crippen molar-refractivity contribution in [2.75, 3.05) is 26.4 Å². The molecule has 0 aromatic heterocycles. The van der Waals surface area contributed by atoms with Gasteiger partial charge in [0, 0.05) is 12.8 Å². The molecular formula is C49H87O10P. The Kier molecular flexibility index (Phi) is 43.0. The lowest BCUT2D eigenvalue weighted by molar-refractivity contribution is -0.153. The van der Waals surface area contributed by atoms with Crippen molar-refractivity contribution < 1.29 is 47.8 Å². The molecule has 0 spiro atoms. The number of unbranched alkanes of at least 4 members (excludes halogenated alkanes) is 20. The Labute approximate surface area is 366 Å². The van der Waals surface area contributed by atoms with Crippen LogP contribution in [0.2, 0.25) is 0 Å². The highest BCUT2D eigenvalue weighted by Gasteiger charge is 2.27. The third-order valence-corrected chi connectivity index (χ3v) is 10.9. The number of aliphatic hydroxyl groups is 2. The van der Waals surface area contributed by atoms with Gasteiger partial charge in [-0.2, -0.15) is 0 Å². The first-order valence-electron chi connectivity index (χ1n) is 23.7. The largest absolute Gasteiger partial charge is 0.472 e. The van der Waals surface area contributed by atoms with Crippen LogP contribution in [-0.2, 0) is 32.7 Å². The van der Waals surface area contributed by atoms with Gasteiger partial charge in [-0.15, -0.1) is 0 Å². The zero-order chi connectivity index (χ0) is 44.0. The standard InChI is InChI=1S/C49H87O10P/c1-3-5-7-9-11-13-15-17-19-21-23-25-27-29-31-33-35-37-39-41-49(53)59-47(43-51)45-57-60(54,55)56-44-46(42-50)58-48(52)40-38-36-34-32-30-28-26-24-22-20-18-16-14-12-10-8-6-4-2/h11,13-14,16-17,19-20,22-23,25,46-47,50-51H,3-10,12,15,18,21,24,26-45H2,1-2H3,(H,54,55)/b13-11-,16-14-,19-17-,22-20-,25-23-. The van der Waals surface area contributed by atoms with Crippen LogP contribution in [-0.4, -0.2) is 65.7 Å². The number of hydrogen-bond donors (Lipinski definition) is 3. The van der Waals surface area contributed by atoms with E-state index >= 15 is 0 Å². The molecule has 0 radical (unpaired) electrons. The Bertz CT molecular complexity index is 1180. The first-order valence-corrected chi connectivity index (χ1v) is 25.2. The van der Waals surface area contributed by atoms with Crippen molar-refractivity contribution in [1.29, 1.82) is 0 Å². The van der Waals surface area contributed by atoms with Crippen LogP contribution >= 0.6 is 7.82 Å². The number of phosphoric acid groups is 1. The molecule has 0 aliphatic carbocycles. The van der Waals surface area contributed by atoms with Crippen molar-refractivity contribution in [2.45, 2.75) is 212 Å². The SMILES string of the molecule is CCCCC/C=C\C/C=C\C/C=C\CCCCCCCCC(=O)OC(CO)COP(=O)(O)OCC(CO)OC(=O)CCCCCCCCC/C=C\C/C=C\CCCCCC. The van der Waals surface area contributed by atoms with Crippen molar-refractivity contribution in [3.63, 3.8) is 0 Å². The maximum absolute atomic E-state index is 12.4. The van der Waals surface area contributed by atoms with Gasteiger partial charge in [-0.1, -0.05) is 164 Å². The number of rotatable bonds is 44. The number of aliphatic hydroxyl groups excluding tert-OH is 2. The summed E-state index contributed by atoms with van der Waals surface area (Å²) in [5, 5.41) is 19.2. The van der Waals surface area contributed by atoms with Crippen LogP contribution in [0.25, 0.3) is 0 Å². The van der Waals surface area contributed by atoms with Gasteiger partial charge in [0.05, 0.1) is 26.4 Å². The fourth-order valence-corrected chi connectivity index (χ4v) is 7.05. The second-order valence-corrected chi connectivity index (χ2v) is 17.2. The van der Waals surface area contributed by atoms with E-state index < -0.39 is 58.4 Å². The Morgan fingerprint density at radius 1 is 0.450 bits per heavy atom. The number of hydrogen-bond acceptors (Lipinski definition) is 9. The monoisotopic (exact) mass is 867 g/mol. The number of esters is 2. The highest BCUT2D eigenvalue weighted by molar-refractivity contribution is 7.47. The molecule has 0 bridgehead atoms. The van der Waals surface area contributed by atoms with E-state index in [2.05, 4.69) is 74.6 Å². The molecule has 0 aromatic carbocycles. The molecule has 11 heteroatoms. The molecule has 0 amide bonds. The Hall–Kier alpha value is -2.33. The van der Waals surface area contributed by atoms with E-state index in [1.165, 1.54) is 77.0 Å². The number of carbonyl (C=O) groups excluding carboxylic acids is 2. The Morgan fingerprint density at radius 3 is 1.08 bits per heavy atom. The highest BCUT2D eigenvalue weighted by Crippen LogP contribution is 2.43. The number of allylic oxidation sites excluding steroid dienone is 10. The predicted octanol–water partition coefficient (Wildman–Crippen LogP) is 13.1. The molecule has 0 rings (SSSR count). The molecule has 348 valence electrons. The molecule has 0 aliphatic heterocycles. The van der Waals surface area contributed by atoms with Crippen molar-refractivity contribution in [2.24, 2.45) is 0 Å². The highest BCUT2D eigenvalue weighted by atomic mass is 31.2. The van der Waals surface area contributed by atoms with Gasteiger partial charge in [0.2, 0.25) is 0 Å². The van der Waals surface area contributed by atoms with Crippen molar-refractivity contribution in [3.8, 4) is 0 Å². The second kappa shape index (κ2) is 44.7. The van der Waals surface area contributed by atoms with Gasteiger partial charge < -0.3 is 24.6 Å². The summed E-state index contributed by atoms with van der Waals surface area (Å²) in [5.74, 6) is -1.04. The number of ether oxygens (including phenoxy) is 2. The van der Waals surface area contributed by atoms with Crippen LogP contribution < -0.4 is 0 Å². The summed E-state index contributed by atoms with van der Waals surface area (Å²) in [6, 6.07) is 0. The predicted molar refractivity (Wildman–Crippen MR) is 247 cm³/mol. The van der Waals surface area contributed by atoms with Crippen LogP contribution in [0.4, 0.5) is 0 Å². The van der Waals surface area contributed by atoms with Gasteiger partial charge in [-0.3, -0.25) is 18.6 Å². The van der Waals surface area contributed by atoms with Crippen molar-refractivity contribution >= 4 is 19.8 Å². The van der Waals surface area contributed by atoms with E-state index in [1.54, 1.807) is 0 Å². The minimum absolute atomic E-state index is 0.175. The van der Waals surface area contributed by atoms with E-state index in [9.17, 15) is 29.3 Å². The van der Waals surface area contributed by atoms with Crippen LogP contribution in [0.3, 0.4) is 0 Å². The van der Waals surface area contributed by atoms with Crippen LogP contribution in [0.1, 0.15) is 200 Å². The van der Waals surface area contributed by atoms with Gasteiger partial charge in [0.1, 0.15) is 12.2 Å². The van der Waals surface area contributed by atoms with Crippen molar-refractivity contribution in [1.82, 2.24) is 0 Å². The van der Waals surface area contributed by atoms with Crippen LogP contribution in [0.5, 0.6) is 0 Å². The van der Waals surface area contributed by atoms with Crippen LogP contribution in [0.15, 0.2) is 60.8 Å². The molecule has 0 saturated carbocycles. The number of carbonyl (C=O) groups is 2. The first-order chi connectivity index (χ1) is 29.3. The number of phosphoric ester groups is 1. The van der Waals surface area contributed by atoms with E-state index in [-0.39, 0.29) is 12.8 Å². The van der Waals surface area contributed by atoms with Gasteiger partial charge in [-0.05, 0) is 83.5 Å². The third-order valence-electron chi connectivity index (χ3n) is 9.95. The van der Waals surface area contributed by atoms with Gasteiger partial charge in [-0.25, -0.2) is 4.57 Å². The molecule has 0 aliphatic rings. The summed E-state index contributed by atoms with van der Waals surface area (Å²) in [7, 11) is -4.65. The maximum atomic E-state index is 12.4. The summed E-state index contributed by atoms with van der Waals surface area (Å²) >= 11 is 0. The summed E-state index contributed by atoms with van der Waals surface area (Å²) in [6.45, 7) is 2.15. The average Bonchev–Trinajstić information content (AvgIpc) is 3.24. The smallest absolute Gasteiger partial charge is 0.457 e. The van der Waals surface area contributed by atoms with E-state index in [4.69, 9.17) is 18.5 Å². The molecule has 3 N–H and O–H groups in total. The van der Waals surface area contributed by atoms with Gasteiger partial charge >= 0.3 is 19.8 Å². The summed E-state index contributed by atoms with van der Waals surface area (Å²) in [4.78, 5) is 34.6. The lowest BCUT2D eigenvalue weighted by Gasteiger charge is -2.20. The molecule has 0 fully saturated rings. The fraction of sp³-hybridized carbons (Fsp3) is 0.755. The Balaban J connectivity index is 3.93. The van der Waals surface area contributed by atoms with E-state index in [0.29, 0.717) is 12.8 Å². The van der Waals surface area contributed by atoms with Crippen LogP contribution in [0, 0.1) is 0 Å². The van der Waals surface area contributed by atoms with E-state index in [1.807, 2.05) is 0 Å². The molecule has 60 heavy (non-hydrogen) atoms. The average molecular weight is 867 g/mol. The quantitative estimate of drug-likeness (QED) is 0.0234. The van der Waals surface area contributed by atoms with Crippen molar-refractivity contribution in [3.05, 3.63) is 60.8 Å². The second-order valence-electron chi connectivity index (χ2n) is 15.7. The van der Waals surface area contributed by atoms with E-state index in [0.717, 1.165) is 83.5 Å². The Morgan fingerprint density at radius 2 is 0.733 bits per heavy atom. The topological polar surface area (TPSA) is 149 Å². The summed E-state index contributed by atoms with van der Waals surface area (Å²) < 4.78 is 32.6. The minimum atomic E-state index is -4.65. The molecule has 0 saturated heterocycles. The first kappa shape index (κ1) is 57.7. The summed E-state index contributed by atoms with van der Waals surface area (Å²) in [5.41, 5.74) is 0. The molecule has 0 aromatic rings. The minimum Gasteiger partial charge on any atom is -0.457 e. The lowest BCUT2D eigenvalue weighted by Crippen LogP contribution is -2.28. The van der Waals surface area contributed by atoms with Gasteiger partial charge in [0.25, 0.3) is 0 Å². The maximum Gasteiger partial charge on any atom is 0.472 e.